The number of rotatable bonds is 1. The van der Waals surface area contributed by atoms with Gasteiger partial charge in [0.05, 0.1) is 5.70 Å². The molecule has 1 aromatic carbocycles. The molecule has 1 fully saturated rings. The summed E-state index contributed by atoms with van der Waals surface area (Å²) in [6.45, 7) is 5.18. The molecule has 1 aromatic rings. The lowest BCUT2D eigenvalue weighted by atomic mass is 9.65. The molecule has 144 valence electrons. The topological polar surface area (TPSA) is 72.6 Å². The van der Waals surface area contributed by atoms with Gasteiger partial charge in [0.15, 0.2) is 11.9 Å². The first-order valence-corrected chi connectivity index (χ1v) is 10.3. The minimum absolute atomic E-state index is 0.0104. The molecular formula is C21H25BrN2O3. The van der Waals surface area contributed by atoms with Gasteiger partial charge in [0.25, 0.3) is 5.91 Å². The molecule has 0 saturated carbocycles. The summed E-state index contributed by atoms with van der Waals surface area (Å²) in [7, 11) is 0. The van der Waals surface area contributed by atoms with Crippen molar-refractivity contribution in [3.63, 3.8) is 0 Å². The van der Waals surface area contributed by atoms with E-state index in [1.54, 1.807) is 0 Å². The van der Waals surface area contributed by atoms with Crippen LogP contribution in [-0.4, -0.2) is 35.8 Å². The van der Waals surface area contributed by atoms with E-state index >= 15 is 0 Å². The van der Waals surface area contributed by atoms with Gasteiger partial charge < -0.3 is 15.4 Å². The van der Waals surface area contributed by atoms with Crippen LogP contribution in [0, 0.1) is 10.8 Å². The summed E-state index contributed by atoms with van der Waals surface area (Å²) >= 11 is 3.48. The van der Waals surface area contributed by atoms with Crippen molar-refractivity contribution in [3.05, 3.63) is 40.0 Å². The van der Waals surface area contributed by atoms with E-state index in [1.807, 2.05) is 37.0 Å². The molecule has 1 saturated heterocycles. The number of hydrogen-bond acceptors (Lipinski definition) is 4. The van der Waals surface area contributed by atoms with Crippen LogP contribution in [0.15, 0.2) is 34.4 Å². The van der Waals surface area contributed by atoms with Gasteiger partial charge >= 0.3 is 0 Å². The molecule has 2 heterocycles. The molecule has 1 aliphatic carbocycles. The van der Waals surface area contributed by atoms with Crippen molar-refractivity contribution in [1.82, 2.24) is 4.90 Å². The Morgan fingerprint density at radius 1 is 1.37 bits per heavy atom. The van der Waals surface area contributed by atoms with E-state index < -0.39 is 11.5 Å². The van der Waals surface area contributed by atoms with Crippen LogP contribution < -0.4 is 10.5 Å². The van der Waals surface area contributed by atoms with Crippen molar-refractivity contribution in [1.29, 1.82) is 0 Å². The Balaban J connectivity index is 1.49. The highest BCUT2D eigenvalue weighted by molar-refractivity contribution is 9.10. The number of nitrogens with zero attached hydrogens (tertiary/aromatic N) is 1. The zero-order valence-corrected chi connectivity index (χ0v) is 17.3. The first-order chi connectivity index (χ1) is 12.7. The number of nitrogens with two attached hydrogens (primary N) is 1. The number of halogens is 1. The molecule has 1 amide bonds. The average Bonchev–Trinajstić information content (AvgIpc) is 3.01. The smallest absolute Gasteiger partial charge is 0.263 e. The van der Waals surface area contributed by atoms with Gasteiger partial charge in [-0.2, -0.15) is 0 Å². The van der Waals surface area contributed by atoms with E-state index in [-0.39, 0.29) is 17.1 Å². The summed E-state index contributed by atoms with van der Waals surface area (Å²) in [5.41, 5.74) is 6.81. The zero-order chi connectivity index (χ0) is 19.4. The zero-order valence-electron chi connectivity index (χ0n) is 15.8. The summed E-state index contributed by atoms with van der Waals surface area (Å²) in [6.07, 6.45) is 4.56. The van der Waals surface area contributed by atoms with Gasteiger partial charge in [0.2, 0.25) is 0 Å². The fraction of sp³-hybridized carbons (Fsp3) is 0.524. The lowest BCUT2D eigenvalue weighted by molar-refractivity contribution is -0.138. The van der Waals surface area contributed by atoms with Gasteiger partial charge in [-0.25, -0.2) is 0 Å². The molecule has 4 rings (SSSR count). The molecule has 5 nitrogen and oxygen atoms in total. The van der Waals surface area contributed by atoms with Crippen LogP contribution in [0.2, 0.25) is 0 Å². The van der Waals surface area contributed by atoms with E-state index in [0.29, 0.717) is 25.2 Å². The fourth-order valence-corrected chi connectivity index (χ4v) is 5.29. The lowest BCUT2D eigenvalue weighted by Crippen LogP contribution is -2.45. The normalized spacial score (nSPS) is 29.3. The molecule has 6 heteroatoms. The Morgan fingerprint density at radius 3 is 2.89 bits per heavy atom. The quantitative estimate of drug-likeness (QED) is 0.739. The Labute approximate surface area is 168 Å². The third-order valence-corrected chi connectivity index (χ3v) is 6.57. The van der Waals surface area contributed by atoms with Crippen LogP contribution in [0.25, 0.3) is 0 Å². The van der Waals surface area contributed by atoms with Gasteiger partial charge in [0, 0.05) is 28.4 Å². The third kappa shape index (κ3) is 3.28. The monoisotopic (exact) mass is 432 g/mol. The van der Waals surface area contributed by atoms with E-state index in [2.05, 4.69) is 22.0 Å². The van der Waals surface area contributed by atoms with E-state index in [4.69, 9.17) is 10.5 Å². The number of fused-ring (bicyclic) bond motifs is 1. The Bertz CT molecular complexity index is 848. The van der Waals surface area contributed by atoms with Crippen molar-refractivity contribution in [3.8, 4) is 5.75 Å². The van der Waals surface area contributed by atoms with Crippen LogP contribution in [0.3, 0.4) is 0 Å². The summed E-state index contributed by atoms with van der Waals surface area (Å²) in [6, 6.07) is 5.91. The molecule has 1 unspecified atom stereocenters. The summed E-state index contributed by atoms with van der Waals surface area (Å²) < 4.78 is 7.03. The summed E-state index contributed by atoms with van der Waals surface area (Å²) in [4.78, 5) is 27.3. The number of likely N-dealkylation sites (tertiary alicyclic amines) is 1. The first-order valence-electron chi connectivity index (χ1n) is 9.46. The van der Waals surface area contributed by atoms with Crippen molar-refractivity contribution < 1.29 is 14.3 Å². The fourth-order valence-electron chi connectivity index (χ4n) is 4.88. The summed E-state index contributed by atoms with van der Waals surface area (Å²) in [5, 5.41) is 0. The molecule has 0 radical (unpaired) electrons. The molecule has 0 aromatic heterocycles. The van der Waals surface area contributed by atoms with Gasteiger partial charge in [-0.3, -0.25) is 9.59 Å². The number of ketones is 1. The predicted molar refractivity (Wildman–Crippen MR) is 106 cm³/mol. The molecule has 2 N–H and O–H groups in total. The second kappa shape index (κ2) is 6.36. The van der Waals surface area contributed by atoms with E-state index in [0.717, 1.165) is 35.0 Å². The summed E-state index contributed by atoms with van der Waals surface area (Å²) in [5.74, 6) is 0.851. The number of carbonyl (C=O) groups is 2. The highest BCUT2D eigenvalue weighted by atomic mass is 79.9. The molecule has 0 bridgehead atoms. The average molecular weight is 433 g/mol. The third-order valence-electron chi connectivity index (χ3n) is 6.07. The van der Waals surface area contributed by atoms with Gasteiger partial charge in [-0.1, -0.05) is 29.8 Å². The minimum Gasteiger partial charge on any atom is -0.480 e. The number of allylic oxidation sites excluding steroid dienone is 1. The molecule has 2 atom stereocenters. The maximum Gasteiger partial charge on any atom is 0.263 e. The SMILES string of the molecule is CC1(C)C[C@]2(C=C(N)C1=O)CCN(C(=O)C1CCc3cc(Br)ccc3O1)C2. The molecule has 27 heavy (non-hydrogen) atoms. The Hall–Kier alpha value is -1.82. The van der Waals surface area contributed by atoms with Gasteiger partial charge in [-0.15, -0.1) is 0 Å². The van der Waals surface area contributed by atoms with Crippen LogP contribution in [0.5, 0.6) is 5.75 Å². The number of benzene rings is 1. The Morgan fingerprint density at radius 2 is 2.15 bits per heavy atom. The first kappa shape index (κ1) is 18.5. The van der Waals surface area contributed by atoms with Crippen molar-refractivity contribution >= 4 is 27.6 Å². The van der Waals surface area contributed by atoms with Crippen molar-refractivity contribution in [2.45, 2.75) is 45.6 Å². The molecule has 2 aliphatic heterocycles. The number of Topliss-reactive ketones (excluding diaryl/α,β-unsaturated/α-hetero) is 1. The minimum atomic E-state index is -0.481. The van der Waals surface area contributed by atoms with Crippen LogP contribution in [0.1, 0.15) is 38.7 Å². The second-order valence-corrected chi connectivity index (χ2v) is 9.67. The predicted octanol–water partition coefficient (Wildman–Crippen LogP) is 3.20. The number of hydrogen-bond donors (Lipinski definition) is 1. The number of carbonyl (C=O) groups excluding carboxylic acids is 2. The number of amides is 1. The van der Waals surface area contributed by atoms with Crippen molar-refractivity contribution in [2.24, 2.45) is 16.6 Å². The highest BCUT2D eigenvalue weighted by Crippen LogP contribution is 2.47. The van der Waals surface area contributed by atoms with Gasteiger partial charge in [0.1, 0.15) is 5.75 Å². The van der Waals surface area contributed by atoms with E-state index in [9.17, 15) is 9.59 Å². The maximum atomic E-state index is 13.1. The lowest BCUT2D eigenvalue weighted by Gasteiger charge is -2.39. The molecular weight excluding hydrogens is 408 g/mol. The standard InChI is InChI=1S/C21H25BrN2O3/c1-20(2)11-21(10-15(23)18(20)25)7-8-24(12-21)19(26)17-5-3-13-9-14(22)4-6-16(13)27-17/h4,6,9-10,17H,3,5,7-8,11-12,23H2,1-2H3/t17?,21-/m1/s1. The second-order valence-electron chi connectivity index (χ2n) is 8.76. The molecule has 3 aliphatic rings. The van der Waals surface area contributed by atoms with Crippen molar-refractivity contribution in [2.75, 3.05) is 13.1 Å². The van der Waals surface area contributed by atoms with Crippen LogP contribution in [-0.2, 0) is 16.0 Å². The Kier molecular flexibility index (Phi) is 4.37. The van der Waals surface area contributed by atoms with Crippen LogP contribution in [0.4, 0.5) is 0 Å². The van der Waals surface area contributed by atoms with Gasteiger partial charge in [-0.05, 0) is 55.5 Å². The van der Waals surface area contributed by atoms with E-state index in [1.165, 1.54) is 0 Å². The largest absolute Gasteiger partial charge is 0.480 e. The molecule has 1 spiro atoms. The maximum absolute atomic E-state index is 13.1. The van der Waals surface area contributed by atoms with Crippen LogP contribution >= 0.6 is 15.9 Å². The number of ether oxygens (including phenoxy) is 1. The highest BCUT2D eigenvalue weighted by Gasteiger charge is 2.49. The number of aryl methyl sites for hydroxylation is 1.